The lowest BCUT2D eigenvalue weighted by Crippen LogP contribution is -2.46. The molecule has 104 valence electrons. The van der Waals surface area contributed by atoms with E-state index in [1.807, 2.05) is 0 Å². The number of rotatable bonds is 4. The largest absolute Gasteiger partial charge is 0.374 e. The van der Waals surface area contributed by atoms with Crippen molar-refractivity contribution in [3.63, 3.8) is 0 Å². The number of nitrogens with one attached hydrogen (secondary N) is 1. The number of hydrogen-bond donors (Lipinski definition) is 1. The van der Waals surface area contributed by atoms with E-state index in [2.05, 4.69) is 5.32 Å². The Morgan fingerprint density at radius 1 is 1.53 bits per heavy atom. The second kappa shape index (κ2) is 6.63. The van der Waals surface area contributed by atoms with Crippen LogP contribution < -0.4 is 5.32 Å². The molecule has 0 bridgehead atoms. The molecule has 0 spiro atoms. The molecule has 4 nitrogen and oxygen atoms in total. The van der Waals surface area contributed by atoms with Crippen LogP contribution in [0.3, 0.4) is 0 Å². The van der Waals surface area contributed by atoms with E-state index in [9.17, 15) is 9.18 Å². The highest BCUT2D eigenvalue weighted by Crippen LogP contribution is 2.09. The van der Waals surface area contributed by atoms with Crippen LogP contribution >= 0.6 is 0 Å². The van der Waals surface area contributed by atoms with Gasteiger partial charge in [-0.2, -0.15) is 0 Å². The third-order valence-electron chi connectivity index (χ3n) is 3.21. The van der Waals surface area contributed by atoms with Crippen molar-refractivity contribution in [1.82, 2.24) is 10.2 Å². The van der Waals surface area contributed by atoms with E-state index in [-0.39, 0.29) is 24.2 Å². The quantitative estimate of drug-likeness (QED) is 0.877. The minimum Gasteiger partial charge on any atom is -0.374 e. The average Bonchev–Trinajstić information content (AvgIpc) is 2.42. The molecule has 1 aromatic carbocycles. The molecule has 0 aliphatic carbocycles. The van der Waals surface area contributed by atoms with E-state index in [4.69, 9.17) is 4.74 Å². The van der Waals surface area contributed by atoms with Gasteiger partial charge in [0.2, 0.25) is 5.91 Å². The number of benzene rings is 1. The van der Waals surface area contributed by atoms with Gasteiger partial charge in [-0.25, -0.2) is 4.39 Å². The molecule has 1 atom stereocenters. The molecule has 1 heterocycles. The van der Waals surface area contributed by atoms with Gasteiger partial charge in [0.15, 0.2) is 0 Å². The molecule has 1 amide bonds. The van der Waals surface area contributed by atoms with Gasteiger partial charge in [-0.05, 0) is 11.6 Å². The topological polar surface area (TPSA) is 41.6 Å². The van der Waals surface area contributed by atoms with Crippen molar-refractivity contribution in [2.45, 2.75) is 12.5 Å². The third-order valence-corrected chi connectivity index (χ3v) is 3.21. The summed E-state index contributed by atoms with van der Waals surface area (Å²) in [6, 6.07) is 6.37. The molecule has 1 aromatic rings. The van der Waals surface area contributed by atoms with Crippen molar-refractivity contribution in [3.8, 4) is 0 Å². The van der Waals surface area contributed by atoms with E-state index >= 15 is 0 Å². The summed E-state index contributed by atoms with van der Waals surface area (Å²) in [5.41, 5.74) is 0.432. The van der Waals surface area contributed by atoms with Crippen molar-refractivity contribution in [1.29, 1.82) is 0 Å². The van der Waals surface area contributed by atoms with Gasteiger partial charge < -0.3 is 15.0 Å². The van der Waals surface area contributed by atoms with Gasteiger partial charge in [0.25, 0.3) is 0 Å². The Morgan fingerprint density at radius 2 is 2.32 bits per heavy atom. The fraction of sp³-hybridized carbons (Fsp3) is 0.500. The molecule has 0 radical (unpaired) electrons. The maximum atomic E-state index is 13.5. The predicted octanol–water partition coefficient (Wildman–Crippen LogP) is 0.815. The number of amides is 1. The second-order valence-electron chi connectivity index (χ2n) is 4.74. The zero-order chi connectivity index (χ0) is 13.7. The Labute approximate surface area is 112 Å². The molecule has 1 N–H and O–H groups in total. The Morgan fingerprint density at radius 3 is 3.00 bits per heavy atom. The smallest absolute Gasteiger partial charge is 0.226 e. The zero-order valence-corrected chi connectivity index (χ0v) is 11.1. The first kappa shape index (κ1) is 14.0. The van der Waals surface area contributed by atoms with Crippen molar-refractivity contribution in [2.75, 3.05) is 33.3 Å². The van der Waals surface area contributed by atoms with Crippen molar-refractivity contribution in [3.05, 3.63) is 35.6 Å². The lowest BCUT2D eigenvalue weighted by atomic mass is 10.1. The van der Waals surface area contributed by atoms with Gasteiger partial charge >= 0.3 is 0 Å². The molecule has 1 unspecified atom stereocenters. The third kappa shape index (κ3) is 4.01. The normalized spacial score (nSPS) is 19.2. The zero-order valence-electron chi connectivity index (χ0n) is 11.1. The van der Waals surface area contributed by atoms with Crippen molar-refractivity contribution < 1.29 is 13.9 Å². The average molecular weight is 266 g/mol. The van der Waals surface area contributed by atoms with Gasteiger partial charge in [0, 0.05) is 26.7 Å². The minimum atomic E-state index is -0.333. The Kier molecular flexibility index (Phi) is 4.87. The lowest BCUT2D eigenvalue weighted by Gasteiger charge is -2.28. The van der Waals surface area contributed by atoms with E-state index in [0.717, 1.165) is 13.1 Å². The van der Waals surface area contributed by atoms with E-state index in [0.29, 0.717) is 18.7 Å². The summed E-state index contributed by atoms with van der Waals surface area (Å²) >= 11 is 0. The van der Waals surface area contributed by atoms with Gasteiger partial charge in [0.05, 0.1) is 19.1 Å². The molecule has 1 aliphatic rings. The molecule has 0 aromatic heterocycles. The van der Waals surface area contributed by atoms with Crippen LogP contribution in [0.2, 0.25) is 0 Å². The van der Waals surface area contributed by atoms with Gasteiger partial charge in [-0.1, -0.05) is 18.2 Å². The summed E-state index contributed by atoms with van der Waals surface area (Å²) in [6.07, 6.45) is 0.104. The Balaban J connectivity index is 1.87. The van der Waals surface area contributed by atoms with Crippen LogP contribution in [0.5, 0.6) is 0 Å². The van der Waals surface area contributed by atoms with Crippen molar-refractivity contribution >= 4 is 5.91 Å². The van der Waals surface area contributed by atoms with Crippen LogP contribution in [0.4, 0.5) is 4.39 Å². The number of hydrogen-bond acceptors (Lipinski definition) is 3. The maximum absolute atomic E-state index is 13.5. The first-order chi connectivity index (χ1) is 9.16. The standard InChI is InChI=1S/C14H19FN2O2/c1-17(10-12-9-16-6-7-19-12)14(18)8-11-4-2-3-5-13(11)15/h2-5,12,16H,6-10H2,1H3. The van der Waals surface area contributed by atoms with Crippen LogP contribution in [0.25, 0.3) is 0 Å². The molecule has 0 saturated carbocycles. The molecule has 19 heavy (non-hydrogen) atoms. The first-order valence-corrected chi connectivity index (χ1v) is 6.46. The van der Waals surface area contributed by atoms with Crippen LogP contribution in [-0.4, -0.2) is 50.2 Å². The van der Waals surface area contributed by atoms with E-state index < -0.39 is 0 Å². The number of morpholine rings is 1. The summed E-state index contributed by atoms with van der Waals surface area (Å²) < 4.78 is 19.0. The molecule has 1 fully saturated rings. The van der Waals surface area contributed by atoms with E-state index in [1.165, 1.54) is 6.07 Å². The molecular weight excluding hydrogens is 247 g/mol. The summed E-state index contributed by atoms with van der Waals surface area (Å²) in [7, 11) is 1.72. The number of carbonyl (C=O) groups excluding carboxylic acids is 1. The number of nitrogens with zero attached hydrogens (tertiary/aromatic N) is 1. The van der Waals surface area contributed by atoms with Crippen molar-refractivity contribution in [2.24, 2.45) is 0 Å². The number of carbonyl (C=O) groups is 1. The molecular formula is C14H19FN2O2. The fourth-order valence-corrected chi connectivity index (χ4v) is 2.08. The van der Waals surface area contributed by atoms with Crippen LogP contribution in [0, 0.1) is 5.82 Å². The summed E-state index contributed by atoms with van der Waals surface area (Å²) in [5, 5.41) is 3.21. The van der Waals surface area contributed by atoms with Crippen LogP contribution in [-0.2, 0) is 16.0 Å². The number of likely N-dealkylation sites (N-methyl/N-ethyl adjacent to an activating group) is 1. The van der Waals surface area contributed by atoms with E-state index in [1.54, 1.807) is 30.1 Å². The summed E-state index contributed by atoms with van der Waals surface area (Å²) in [4.78, 5) is 13.6. The number of halogens is 1. The predicted molar refractivity (Wildman–Crippen MR) is 70.4 cm³/mol. The summed E-state index contributed by atoms with van der Waals surface area (Å²) in [5.74, 6) is -0.431. The van der Waals surface area contributed by atoms with Crippen LogP contribution in [0.15, 0.2) is 24.3 Å². The molecule has 1 saturated heterocycles. The van der Waals surface area contributed by atoms with Gasteiger partial charge in [0.1, 0.15) is 5.82 Å². The number of ether oxygens (including phenoxy) is 1. The Bertz CT molecular complexity index is 433. The minimum absolute atomic E-state index is 0.0170. The highest BCUT2D eigenvalue weighted by Gasteiger charge is 2.19. The van der Waals surface area contributed by atoms with Gasteiger partial charge in [-0.3, -0.25) is 4.79 Å². The Hall–Kier alpha value is -1.46. The summed E-state index contributed by atoms with van der Waals surface area (Å²) in [6.45, 7) is 2.79. The molecule has 2 rings (SSSR count). The van der Waals surface area contributed by atoms with Gasteiger partial charge in [-0.15, -0.1) is 0 Å². The maximum Gasteiger partial charge on any atom is 0.226 e. The highest BCUT2D eigenvalue weighted by molar-refractivity contribution is 5.78. The first-order valence-electron chi connectivity index (χ1n) is 6.46. The monoisotopic (exact) mass is 266 g/mol. The fourth-order valence-electron chi connectivity index (χ4n) is 2.08. The molecule has 1 aliphatic heterocycles. The lowest BCUT2D eigenvalue weighted by molar-refractivity contribution is -0.131. The molecule has 5 heteroatoms. The van der Waals surface area contributed by atoms with Crippen LogP contribution in [0.1, 0.15) is 5.56 Å². The second-order valence-corrected chi connectivity index (χ2v) is 4.74. The SMILES string of the molecule is CN(CC1CNCCO1)C(=O)Cc1ccccc1F. The highest BCUT2D eigenvalue weighted by atomic mass is 19.1.